The highest BCUT2D eigenvalue weighted by molar-refractivity contribution is 5.89. The fourth-order valence-electron chi connectivity index (χ4n) is 2.56. The number of aliphatic carboxylic acids is 1. The van der Waals surface area contributed by atoms with Gasteiger partial charge in [0.05, 0.1) is 6.04 Å². The van der Waals surface area contributed by atoms with Crippen molar-refractivity contribution in [2.45, 2.75) is 44.2 Å². The van der Waals surface area contributed by atoms with Gasteiger partial charge in [0.1, 0.15) is 6.04 Å². The predicted molar refractivity (Wildman–Crippen MR) is 110 cm³/mol. The van der Waals surface area contributed by atoms with Crippen molar-refractivity contribution in [3.05, 3.63) is 35.9 Å². The van der Waals surface area contributed by atoms with Gasteiger partial charge in [-0.05, 0) is 31.2 Å². The van der Waals surface area contributed by atoms with E-state index in [4.69, 9.17) is 22.3 Å². The molecular weight excluding hydrogens is 376 g/mol. The van der Waals surface area contributed by atoms with Crippen molar-refractivity contribution >= 4 is 23.7 Å². The minimum atomic E-state index is -1.04. The van der Waals surface area contributed by atoms with Gasteiger partial charge in [0, 0.05) is 19.5 Å². The Morgan fingerprint density at radius 1 is 1.07 bits per heavy atom. The Balaban J connectivity index is 2.60. The van der Waals surface area contributed by atoms with E-state index in [0.29, 0.717) is 32.4 Å². The molecule has 0 spiro atoms. The van der Waals surface area contributed by atoms with Gasteiger partial charge in [0.2, 0.25) is 11.8 Å². The molecule has 0 aliphatic rings. The first-order valence-corrected chi connectivity index (χ1v) is 9.44. The Hall–Kier alpha value is -3.14. The number of carboxylic acid groups (broad SMARTS) is 1. The fraction of sp³-hybridized carbons (Fsp3) is 0.474. The molecule has 2 amide bonds. The van der Waals surface area contributed by atoms with E-state index >= 15 is 0 Å². The zero-order valence-corrected chi connectivity index (χ0v) is 16.3. The normalized spacial score (nSPS) is 12.4. The first-order chi connectivity index (χ1) is 13.8. The van der Waals surface area contributed by atoms with Crippen molar-refractivity contribution in [2.24, 2.45) is 22.2 Å². The lowest BCUT2D eigenvalue weighted by atomic mass is 10.1. The van der Waals surface area contributed by atoms with Crippen molar-refractivity contribution in [1.82, 2.24) is 10.6 Å². The van der Waals surface area contributed by atoms with E-state index in [1.165, 1.54) is 0 Å². The number of benzene rings is 1. The maximum atomic E-state index is 12.5. The molecule has 9 N–H and O–H groups in total. The number of carbonyl (C=O) groups is 3. The minimum absolute atomic E-state index is 0.0164. The van der Waals surface area contributed by atoms with Gasteiger partial charge in [-0.1, -0.05) is 30.3 Å². The summed E-state index contributed by atoms with van der Waals surface area (Å²) in [6.07, 6.45) is 1.19. The van der Waals surface area contributed by atoms with Gasteiger partial charge in [0.15, 0.2) is 5.96 Å². The van der Waals surface area contributed by atoms with Crippen LogP contribution in [0.1, 0.15) is 31.2 Å². The molecule has 0 saturated carbocycles. The Morgan fingerprint density at radius 3 is 2.38 bits per heavy atom. The molecule has 0 aliphatic carbocycles. The van der Waals surface area contributed by atoms with Crippen molar-refractivity contribution in [2.75, 3.05) is 13.1 Å². The number of nitrogens with two attached hydrogens (primary N) is 3. The van der Waals surface area contributed by atoms with Gasteiger partial charge < -0.3 is 32.9 Å². The Bertz CT molecular complexity index is 691. The Kier molecular flexibility index (Phi) is 10.8. The number of guanidine groups is 1. The second kappa shape index (κ2) is 13.1. The smallest absolute Gasteiger partial charge is 0.303 e. The number of aliphatic imine (C=N–C) groups is 1. The van der Waals surface area contributed by atoms with E-state index in [9.17, 15) is 14.4 Å². The summed E-state index contributed by atoms with van der Waals surface area (Å²) in [5, 5.41) is 14.1. The highest BCUT2D eigenvalue weighted by Crippen LogP contribution is 2.03. The SMILES string of the molecule is NC(N)=NCCC[C@H](NC(=O)[C@@H](N)CCC(=O)O)C(=O)NCCc1ccccc1. The van der Waals surface area contributed by atoms with Crippen LogP contribution in [-0.4, -0.2) is 54.0 Å². The fourth-order valence-corrected chi connectivity index (χ4v) is 2.56. The topological polar surface area (TPSA) is 186 Å². The first kappa shape index (κ1) is 23.9. The molecule has 29 heavy (non-hydrogen) atoms. The number of nitrogens with one attached hydrogen (secondary N) is 2. The molecule has 0 bridgehead atoms. The van der Waals surface area contributed by atoms with Crippen LogP contribution in [0.3, 0.4) is 0 Å². The monoisotopic (exact) mass is 406 g/mol. The maximum absolute atomic E-state index is 12.5. The summed E-state index contributed by atoms with van der Waals surface area (Å²) >= 11 is 0. The molecule has 1 rings (SSSR count). The summed E-state index contributed by atoms with van der Waals surface area (Å²) in [5.74, 6) is -2.00. The van der Waals surface area contributed by atoms with Crippen LogP contribution in [-0.2, 0) is 20.8 Å². The lowest BCUT2D eigenvalue weighted by Crippen LogP contribution is -2.52. The second-order valence-corrected chi connectivity index (χ2v) is 6.58. The standard InChI is InChI=1S/C19H30N6O4/c20-14(8-9-16(26)27)17(28)25-15(7-4-11-24-19(21)22)18(29)23-12-10-13-5-2-1-3-6-13/h1-3,5-6,14-15H,4,7-12,20H2,(H,23,29)(H,25,28)(H,26,27)(H4,21,22,24)/t14-,15-/m0/s1. The number of amides is 2. The van der Waals surface area contributed by atoms with Gasteiger partial charge >= 0.3 is 5.97 Å². The third-order valence-electron chi connectivity index (χ3n) is 4.14. The molecule has 1 aromatic carbocycles. The van der Waals surface area contributed by atoms with Crippen LogP contribution >= 0.6 is 0 Å². The van der Waals surface area contributed by atoms with Crippen LogP contribution in [0.5, 0.6) is 0 Å². The van der Waals surface area contributed by atoms with Gasteiger partial charge in [-0.25, -0.2) is 0 Å². The second-order valence-electron chi connectivity index (χ2n) is 6.58. The largest absolute Gasteiger partial charge is 0.481 e. The molecule has 1 aromatic rings. The first-order valence-electron chi connectivity index (χ1n) is 9.44. The summed E-state index contributed by atoms with van der Waals surface area (Å²) in [4.78, 5) is 39.3. The van der Waals surface area contributed by atoms with Crippen LogP contribution in [0.25, 0.3) is 0 Å². The average molecular weight is 406 g/mol. The molecular formula is C19H30N6O4. The van der Waals surface area contributed by atoms with Gasteiger partial charge in [-0.3, -0.25) is 19.4 Å². The molecule has 10 heteroatoms. The molecule has 0 heterocycles. The van der Waals surface area contributed by atoms with Crippen LogP contribution < -0.4 is 27.8 Å². The number of nitrogens with zero attached hydrogens (tertiary/aromatic N) is 1. The Labute approximate surface area is 169 Å². The predicted octanol–water partition coefficient (Wildman–Crippen LogP) is -0.924. The number of carbonyl (C=O) groups excluding carboxylic acids is 2. The molecule has 0 fully saturated rings. The summed E-state index contributed by atoms with van der Waals surface area (Å²) in [6, 6.07) is 7.85. The third kappa shape index (κ3) is 10.7. The third-order valence-corrected chi connectivity index (χ3v) is 4.14. The molecule has 0 saturated heterocycles. The van der Waals surface area contributed by atoms with Gasteiger partial charge in [-0.15, -0.1) is 0 Å². The van der Waals surface area contributed by atoms with Crippen LogP contribution in [0.15, 0.2) is 35.3 Å². The molecule has 2 atom stereocenters. The van der Waals surface area contributed by atoms with E-state index in [2.05, 4.69) is 15.6 Å². The van der Waals surface area contributed by atoms with Crippen LogP contribution in [0.4, 0.5) is 0 Å². The van der Waals surface area contributed by atoms with E-state index in [-0.39, 0.29) is 24.7 Å². The summed E-state index contributed by atoms with van der Waals surface area (Å²) in [7, 11) is 0. The van der Waals surface area contributed by atoms with Crippen molar-refractivity contribution in [3.63, 3.8) is 0 Å². The van der Waals surface area contributed by atoms with Gasteiger partial charge in [-0.2, -0.15) is 0 Å². The zero-order valence-electron chi connectivity index (χ0n) is 16.3. The quantitative estimate of drug-likeness (QED) is 0.139. The lowest BCUT2D eigenvalue weighted by Gasteiger charge is -2.20. The summed E-state index contributed by atoms with van der Waals surface area (Å²) in [6.45, 7) is 0.727. The molecule has 160 valence electrons. The molecule has 0 aromatic heterocycles. The molecule has 0 unspecified atom stereocenters. The minimum Gasteiger partial charge on any atom is -0.481 e. The maximum Gasteiger partial charge on any atom is 0.303 e. The average Bonchev–Trinajstić information content (AvgIpc) is 2.68. The van der Waals surface area contributed by atoms with Crippen LogP contribution in [0.2, 0.25) is 0 Å². The molecule has 0 aliphatic heterocycles. The molecule has 0 radical (unpaired) electrons. The number of rotatable bonds is 13. The highest BCUT2D eigenvalue weighted by Gasteiger charge is 2.23. The van der Waals surface area contributed by atoms with Crippen molar-refractivity contribution in [1.29, 1.82) is 0 Å². The van der Waals surface area contributed by atoms with Crippen molar-refractivity contribution < 1.29 is 19.5 Å². The zero-order chi connectivity index (χ0) is 21.6. The Morgan fingerprint density at radius 2 is 1.76 bits per heavy atom. The van der Waals surface area contributed by atoms with Gasteiger partial charge in [0.25, 0.3) is 0 Å². The number of hydrogen-bond acceptors (Lipinski definition) is 5. The highest BCUT2D eigenvalue weighted by atomic mass is 16.4. The van der Waals surface area contributed by atoms with E-state index < -0.39 is 24.0 Å². The lowest BCUT2D eigenvalue weighted by molar-refractivity contribution is -0.137. The van der Waals surface area contributed by atoms with E-state index in [1.807, 2.05) is 30.3 Å². The summed E-state index contributed by atoms with van der Waals surface area (Å²) in [5.41, 5.74) is 17.4. The number of hydrogen-bond donors (Lipinski definition) is 6. The van der Waals surface area contributed by atoms with E-state index in [0.717, 1.165) is 5.56 Å². The van der Waals surface area contributed by atoms with Crippen molar-refractivity contribution in [3.8, 4) is 0 Å². The number of carboxylic acids is 1. The molecule has 10 nitrogen and oxygen atoms in total. The summed E-state index contributed by atoms with van der Waals surface area (Å²) < 4.78 is 0. The van der Waals surface area contributed by atoms with Crippen LogP contribution in [0, 0.1) is 0 Å². The van der Waals surface area contributed by atoms with E-state index in [1.54, 1.807) is 0 Å².